The number of thiocarbonyl (C=S) groups is 1. The van der Waals surface area contributed by atoms with Crippen molar-refractivity contribution in [2.75, 3.05) is 24.3 Å². The van der Waals surface area contributed by atoms with Gasteiger partial charge in [-0.1, -0.05) is 24.3 Å². The van der Waals surface area contributed by atoms with Crippen LogP contribution in [0.25, 0.3) is 0 Å². The molecule has 0 spiro atoms. The highest BCUT2D eigenvalue weighted by Gasteiger charge is 2.24. The molecule has 2 aromatic rings. The zero-order valence-electron chi connectivity index (χ0n) is 19.6. The zero-order chi connectivity index (χ0) is 22.5. The van der Waals surface area contributed by atoms with Gasteiger partial charge in [-0.3, -0.25) is 0 Å². The summed E-state index contributed by atoms with van der Waals surface area (Å²) in [4.78, 5) is 11.9. The van der Waals surface area contributed by atoms with Gasteiger partial charge in [0, 0.05) is 38.3 Å². The number of nitrogens with one attached hydrogen (secondary N) is 3. The fourth-order valence-electron chi connectivity index (χ4n) is 4.79. The van der Waals surface area contributed by atoms with Crippen molar-refractivity contribution in [1.29, 1.82) is 0 Å². The summed E-state index contributed by atoms with van der Waals surface area (Å²) >= 11 is 5.54. The van der Waals surface area contributed by atoms with E-state index in [-0.39, 0.29) is 0 Å². The Balaban J connectivity index is 1.26. The highest BCUT2D eigenvalue weighted by atomic mass is 32.1. The quantitative estimate of drug-likeness (QED) is 0.570. The molecule has 0 bridgehead atoms. The average molecular weight is 453 g/mol. The van der Waals surface area contributed by atoms with Crippen molar-refractivity contribution in [1.82, 2.24) is 20.6 Å². The predicted molar refractivity (Wildman–Crippen MR) is 136 cm³/mol. The van der Waals surface area contributed by atoms with Gasteiger partial charge >= 0.3 is 0 Å². The fourth-order valence-corrected chi connectivity index (χ4v) is 5.03. The molecule has 0 amide bonds. The lowest BCUT2D eigenvalue weighted by Gasteiger charge is -2.31. The van der Waals surface area contributed by atoms with Crippen LogP contribution in [0.1, 0.15) is 60.9 Å². The topological polar surface area (TPSA) is 65.1 Å². The van der Waals surface area contributed by atoms with Crippen molar-refractivity contribution in [3.8, 4) is 0 Å². The van der Waals surface area contributed by atoms with E-state index in [1.807, 2.05) is 0 Å². The van der Waals surface area contributed by atoms with Gasteiger partial charge in [0.2, 0.25) is 5.95 Å². The molecule has 172 valence electrons. The number of rotatable bonds is 6. The standard InChI is InChI=1S/C25H36N6S/c1-17-8-4-5-9-18(17)16-26-25(32)28-20-14-12-19(13-15-20)27-24-29-22-11-7-6-10-21(22)23(30-24)31(2)3/h4-5,8-9,19-20H,6-7,10-16H2,1-3H3,(H2,26,28,32)(H,27,29,30)/t19-,20+. The minimum atomic E-state index is 0.415. The van der Waals surface area contributed by atoms with E-state index in [1.165, 1.54) is 35.2 Å². The van der Waals surface area contributed by atoms with Gasteiger partial charge in [0.15, 0.2) is 5.11 Å². The van der Waals surface area contributed by atoms with E-state index < -0.39 is 0 Å². The Bertz CT molecular complexity index is 936. The number of aromatic nitrogens is 2. The zero-order valence-corrected chi connectivity index (χ0v) is 20.4. The van der Waals surface area contributed by atoms with Crippen molar-refractivity contribution in [2.24, 2.45) is 0 Å². The lowest BCUT2D eigenvalue weighted by Crippen LogP contribution is -2.44. The minimum Gasteiger partial charge on any atom is -0.362 e. The van der Waals surface area contributed by atoms with E-state index in [4.69, 9.17) is 22.2 Å². The molecule has 6 nitrogen and oxygen atoms in total. The SMILES string of the molecule is Cc1ccccc1CNC(=S)N[C@H]1CC[C@@H](Nc2nc3c(c(N(C)C)n2)CCCC3)CC1. The van der Waals surface area contributed by atoms with Crippen LogP contribution >= 0.6 is 12.2 Å². The van der Waals surface area contributed by atoms with Gasteiger partial charge in [-0.2, -0.15) is 4.98 Å². The molecule has 0 aliphatic heterocycles. The summed E-state index contributed by atoms with van der Waals surface area (Å²) < 4.78 is 0. The Labute approximate surface area is 197 Å². The molecular weight excluding hydrogens is 416 g/mol. The summed E-state index contributed by atoms with van der Waals surface area (Å²) in [6.45, 7) is 2.90. The first-order valence-corrected chi connectivity index (χ1v) is 12.3. The first-order chi connectivity index (χ1) is 15.5. The van der Waals surface area contributed by atoms with Crippen LogP contribution in [0, 0.1) is 6.92 Å². The van der Waals surface area contributed by atoms with Crippen LogP contribution in [0.3, 0.4) is 0 Å². The Morgan fingerprint density at radius 3 is 2.50 bits per heavy atom. The Morgan fingerprint density at radius 1 is 1.03 bits per heavy atom. The van der Waals surface area contributed by atoms with Gasteiger partial charge in [-0.05, 0) is 81.6 Å². The number of aryl methyl sites for hydroxylation is 2. The number of benzene rings is 1. The van der Waals surface area contributed by atoms with Gasteiger partial charge in [-0.25, -0.2) is 4.98 Å². The molecule has 1 aromatic heterocycles. The second kappa shape index (κ2) is 10.5. The smallest absolute Gasteiger partial charge is 0.225 e. The molecule has 1 aromatic carbocycles. The van der Waals surface area contributed by atoms with Crippen LogP contribution in [0.5, 0.6) is 0 Å². The molecule has 1 fully saturated rings. The van der Waals surface area contributed by atoms with Gasteiger partial charge < -0.3 is 20.9 Å². The van der Waals surface area contributed by atoms with Crippen LogP contribution in [0.4, 0.5) is 11.8 Å². The number of hydrogen-bond donors (Lipinski definition) is 3. The molecule has 32 heavy (non-hydrogen) atoms. The highest BCUT2D eigenvalue weighted by molar-refractivity contribution is 7.80. The largest absolute Gasteiger partial charge is 0.362 e. The number of anilines is 2. The Kier molecular flexibility index (Phi) is 7.45. The van der Waals surface area contributed by atoms with Crippen molar-refractivity contribution in [2.45, 2.75) is 76.9 Å². The van der Waals surface area contributed by atoms with Crippen molar-refractivity contribution < 1.29 is 0 Å². The minimum absolute atomic E-state index is 0.415. The normalized spacial score (nSPS) is 20.2. The number of hydrogen-bond acceptors (Lipinski definition) is 5. The Hall–Kier alpha value is -2.41. The molecule has 7 heteroatoms. The molecule has 3 N–H and O–H groups in total. The molecule has 2 aliphatic carbocycles. The van der Waals surface area contributed by atoms with E-state index in [2.05, 4.69) is 66.1 Å². The van der Waals surface area contributed by atoms with Crippen molar-refractivity contribution >= 4 is 29.1 Å². The van der Waals surface area contributed by atoms with E-state index >= 15 is 0 Å². The first kappa shape index (κ1) is 22.8. The summed E-state index contributed by atoms with van der Waals surface area (Å²) in [5.74, 6) is 1.87. The van der Waals surface area contributed by atoms with Crippen LogP contribution in [0.15, 0.2) is 24.3 Å². The molecular formula is C25H36N6S. The van der Waals surface area contributed by atoms with E-state index in [0.717, 1.165) is 61.9 Å². The average Bonchev–Trinajstić information content (AvgIpc) is 2.79. The van der Waals surface area contributed by atoms with Gasteiger partial charge in [-0.15, -0.1) is 0 Å². The molecule has 4 rings (SSSR count). The van der Waals surface area contributed by atoms with Crippen LogP contribution in [0.2, 0.25) is 0 Å². The van der Waals surface area contributed by atoms with Gasteiger partial charge in [0.25, 0.3) is 0 Å². The lowest BCUT2D eigenvalue weighted by molar-refractivity contribution is 0.385. The molecule has 0 saturated heterocycles. The molecule has 2 aliphatic rings. The Morgan fingerprint density at radius 2 is 1.75 bits per heavy atom. The third kappa shape index (κ3) is 5.68. The molecule has 1 saturated carbocycles. The third-order valence-electron chi connectivity index (χ3n) is 6.68. The summed E-state index contributed by atoms with van der Waals surface area (Å²) in [6.07, 6.45) is 9.00. The molecule has 1 heterocycles. The number of fused-ring (bicyclic) bond motifs is 1. The molecule has 0 radical (unpaired) electrons. The predicted octanol–water partition coefficient (Wildman–Crippen LogP) is 4.12. The van der Waals surface area contributed by atoms with Crippen molar-refractivity contribution in [3.63, 3.8) is 0 Å². The lowest BCUT2D eigenvalue weighted by atomic mass is 9.91. The summed E-state index contributed by atoms with van der Waals surface area (Å²) in [7, 11) is 4.15. The molecule has 0 atom stereocenters. The first-order valence-electron chi connectivity index (χ1n) is 11.9. The van der Waals surface area contributed by atoms with Gasteiger partial charge in [0.1, 0.15) is 5.82 Å². The van der Waals surface area contributed by atoms with Crippen molar-refractivity contribution in [3.05, 3.63) is 46.6 Å². The van der Waals surface area contributed by atoms with Crippen LogP contribution in [-0.4, -0.2) is 41.3 Å². The number of nitrogens with zero attached hydrogens (tertiary/aromatic N) is 3. The van der Waals surface area contributed by atoms with Gasteiger partial charge in [0.05, 0.1) is 5.69 Å². The van der Waals surface area contributed by atoms with E-state index in [1.54, 1.807) is 0 Å². The highest BCUT2D eigenvalue weighted by Crippen LogP contribution is 2.29. The summed E-state index contributed by atoms with van der Waals surface area (Å²) in [5.41, 5.74) is 5.15. The van der Waals surface area contributed by atoms with Crippen LogP contribution < -0.4 is 20.9 Å². The second-order valence-corrected chi connectivity index (χ2v) is 9.75. The monoisotopic (exact) mass is 452 g/mol. The van der Waals surface area contributed by atoms with Crippen LogP contribution in [-0.2, 0) is 19.4 Å². The summed E-state index contributed by atoms with van der Waals surface area (Å²) in [5, 5.41) is 11.3. The maximum absolute atomic E-state index is 5.54. The maximum atomic E-state index is 5.54. The maximum Gasteiger partial charge on any atom is 0.225 e. The van der Waals surface area contributed by atoms with E-state index in [9.17, 15) is 0 Å². The molecule has 0 unspecified atom stereocenters. The third-order valence-corrected chi connectivity index (χ3v) is 6.94. The van der Waals surface area contributed by atoms with E-state index in [0.29, 0.717) is 12.1 Å². The second-order valence-electron chi connectivity index (χ2n) is 9.34. The summed E-state index contributed by atoms with van der Waals surface area (Å²) in [6, 6.07) is 9.26. The fraction of sp³-hybridized carbons (Fsp3) is 0.560.